The predicted molar refractivity (Wildman–Crippen MR) is 61.4 cm³/mol. The Hall–Kier alpha value is -1.56. The van der Waals surface area contributed by atoms with Crippen LogP contribution in [-0.2, 0) is 12.8 Å². The Labute approximate surface area is 96.7 Å². The normalized spacial score (nSPS) is 10.6. The molecule has 0 saturated heterocycles. The molecule has 0 aliphatic carbocycles. The molecule has 2 aromatic rings. The van der Waals surface area contributed by atoms with Crippen LogP contribution in [0.4, 0.5) is 10.1 Å². The van der Waals surface area contributed by atoms with Crippen LogP contribution < -0.4 is 5.73 Å². The zero-order valence-electron chi connectivity index (χ0n) is 8.72. The van der Waals surface area contributed by atoms with Crippen LogP contribution in [-0.4, -0.2) is 14.8 Å². The Morgan fingerprint density at radius 2 is 2.31 bits per heavy atom. The molecule has 84 valence electrons. The van der Waals surface area contributed by atoms with E-state index in [1.807, 2.05) is 11.6 Å². The second-order valence-electron chi connectivity index (χ2n) is 3.33. The minimum atomic E-state index is -0.283. The number of nitrogens with zero attached hydrogens (tertiary/aromatic N) is 3. The number of hydrogen-bond donors (Lipinski definition) is 1. The predicted octanol–water partition coefficient (Wildman–Crippen LogP) is 1.83. The second-order valence-corrected chi connectivity index (χ2v) is 4.35. The summed E-state index contributed by atoms with van der Waals surface area (Å²) >= 11 is 1.44. The SMILES string of the molecule is Cn1cnnc1CSc1cc(F)ccc1N. The van der Waals surface area contributed by atoms with Gasteiger partial charge in [0.25, 0.3) is 0 Å². The van der Waals surface area contributed by atoms with Crippen LogP contribution >= 0.6 is 11.8 Å². The average molecular weight is 238 g/mol. The number of nitrogen functional groups attached to an aromatic ring is 1. The Morgan fingerprint density at radius 1 is 1.50 bits per heavy atom. The lowest BCUT2D eigenvalue weighted by molar-refractivity contribution is 0.624. The van der Waals surface area contributed by atoms with E-state index in [-0.39, 0.29) is 5.82 Å². The van der Waals surface area contributed by atoms with Crippen molar-refractivity contribution >= 4 is 17.4 Å². The summed E-state index contributed by atoms with van der Waals surface area (Å²) in [4.78, 5) is 0.725. The van der Waals surface area contributed by atoms with Crippen LogP contribution in [0.15, 0.2) is 29.4 Å². The molecule has 2 N–H and O–H groups in total. The highest BCUT2D eigenvalue weighted by molar-refractivity contribution is 7.98. The van der Waals surface area contributed by atoms with Crippen molar-refractivity contribution in [1.82, 2.24) is 14.8 Å². The van der Waals surface area contributed by atoms with E-state index in [4.69, 9.17) is 5.73 Å². The summed E-state index contributed by atoms with van der Waals surface area (Å²) in [6.45, 7) is 0. The lowest BCUT2D eigenvalue weighted by Gasteiger charge is -2.04. The van der Waals surface area contributed by atoms with Gasteiger partial charge in [-0.05, 0) is 18.2 Å². The highest BCUT2D eigenvalue weighted by Gasteiger charge is 2.05. The molecule has 0 saturated carbocycles. The van der Waals surface area contributed by atoms with Crippen molar-refractivity contribution in [2.75, 3.05) is 5.73 Å². The van der Waals surface area contributed by atoms with E-state index < -0.39 is 0 Å². The molecular weight excluding hydrogens is 227 g/mol. The van der Waals surface area contributed by atoms with E-state index in [1.54, 1.807) is 12.4 Å². The molecule has 16 heavy (non-hydrogen) atoms. The number of rotatable bonds is 3. The van der Waals surface area contributed by atoms with Crippen LogP contribution in [0.3, 0.4) is 0 Å². The summed E-state index contributed by atoms with van der Waals surface area (Å²) in [5.41, 5.74) is 6.31. The third kappa shape index (κ3) is 2.33. The second kappa shape index (κ2) is 4.52. The number of benzene rings is 1. The van der Waals surface area contributed by atoms with Crippen molar-refractivity contribution in [3.8, 4) is 0 Å². The first-order valence-corrected chi connectivity index (χ1v) is 5.66. The quantitative estimate of drug-likeness (QED) is 0.654. The van der Waals surface area contributed by atoms with Crippen molar-refractivity contribution < 1.29 is 4.39 Å². The summed E-state index contributed by atoms with van der Waals surface area (Å²) in [5.74, 6) is 1.16. The molecule has 0 radical (unpaired) electrons. The van der Waals surface area contributed by atoms with E-state index in [2.05, 4.69) is 10.2 Å². The molecule has 0 fully saturated rings. The first-order valence-electron chi connectivity index (χ1n) is 4.67. The van der Waals surface area contributed by atoms with Crippen LogP contribution in [0.5, 0.6) is 0 Å². The molecule has 6 heteroatoms. The van der Waals surface area contributed by atoms with Gasteiger partial charge in [0.1, 0.15) is 18.0 Å². The van der Waals surface area contributed by atoms with Crippen molar-refractivity contribution in [2.45, 2.75) is 10.6 Å². The number of hydrogen-bond acceptors (Lipinski definition) is 4. The minimum absolute atomic E-state index is 0.283. The monoisotopic (exact) mass is 238 g/mol. The summed E-state index contributed by atoms with van der Waals surface area (Å²) in [5, 5.41) is 7.71. The van der Waals surface area contributed by atoms with E-state index in [9.17, 15) is 4.39 Å². The topological polar surface area (TPSA) is 56.7 Å². The molecule has 0 unspecified atom stereocenters. The summed E-state index contributed by atoms with van der Waals surface area (Å²) in [6.07, 6.45) is 1.63. The maximum atomic E-state index is 13.0. The maximum absolute atomic E-state index is 13.0. The first-order chi connectivity index (χ1) is 7.66. The Balaban J connectivity index is 2.10. The highest BCUT2D eigenvalue weighted by atomic mass is 32.2. The van der Waals surface area contributed by atoms with Gasteiger partial charge in [-0.15, -0.1) is 22.0 Å². The van der Waals surface area contributed by atoms with E-state index >= 15 is 0 Å². The minimum Gasteiger partial charge on any atom is -0.398 e. The number of anilines is 1. The van der Waals surface area contributed by atoms with Gasteiger partial charge in [-0.2, -0.15) is 0 Å². The van der Waals surface area contributed by atoms with Gasteiger partial charge in [0.15, 0.2) is 0 Å². The van der Waals surface area contributed by atoms with Gasteiger partial charge < -0.3 is 10.3 Å². The fourth-order valence-corrected chi connectivity index (χ4v) is 2.19. The van der Waals surface area contributed by atoms with Gasteiger partial charge in [-0.3, -0.25) is 0 Å². The molecule has 0 aliphatic heterocycles. The van der Waals surface area contributed by atoms with E-state index in [0.29, 0.717) is 11.4 Å². The lowest BCUT2D eigenvalue weighted by atomic mass is 10.3. The molecule has 0 spiro atoms. The Kier molecular flexibility index (Phi) is 3.09. The van der Waals surface area contributed by atoms with Crippen molar-refractivity contribution in [1.29, 1.82) is 0 Å². The Morgan fingerprint density at radius 3 is 3.00 bits per heavy atom. The zero-order chi connectivity index (χ0) is 11.5. The van der Waals surface area contributed by atoms with Crippen molar-refractivity contribution in [2.24, 2.45) is 7.05 Å². The molecule has 0 aliphatic rings. The largest absolute Gasteiger partial charge is 0.398 e. The number of thioether (sulfide) groups is 1. The van der Waals surface area contributed by atoms with Gasteiger partial charge >= 0.3 is 0 Å². The first kappa shape index (κ1) is 10.9. The number of halogens is 1. The molecule has 1 heterocycles. The molecule has 1 aromatic heterocycles. The van der Waals surface area contributed by atoms with E-state index in [0.717, 1.165) is 10.7 Å². The van der Waals surface area contributed by atoms with Crippen LogP contribution in [0.2, 0.25) is 0 Å². The van der Waals surface area contributed by atoms with Gasteiger partial charge in [0, 0.05) is 17.6 Å². The maximum Gasteiger partial charge on any atom is 0.142 e. The molecule has 0 amide bonds. The molecule has 0 atom stereocenters. The summed E-state index contributed by atoms with van der Waals surface area (Å²) < 4.78 is 14.8. The van der Waals surface area contributed by atoms with Crippen molar-refractivity contribution in [3.63, 3.8) is 0 Å². The lowest BCUT2D eigenvalue weighted by Crippen LogP contribution is -1.95. The van der Waals surface area contributed by atoms with E-state index in [1.165, 1.54) is 23.9 Å². The standard InChI is InChI=1S/C10H11FN4S/c1-15-6-13-14-10(15)5-16-9-4-7(11)2-3-8(9)12/h2-4,6H,5,12H2,1H3. The number of nitrogens with two attached hydrogens (primary N) is 1. The van der Waals surface area contributed by atoms with Gasteiger partial charge in [0.05, 0.1) is 5.75 Å². The zero-order valence-corrected chi connectivity index (χ0v) is 9.54. The third-order valence-electron chi connectivity index (χ3n) is 2.14. The summed E-state index contributed by atoms with van der Waals surface area (Å²) in [7, 11) is 1.87. The number of aromatic nitrogens is 3. The van der Waals surface area contributed by atoms with Gasteiger partial charge in [-0.25, -0.2) is 4.39 Å². The third-order valence-corrected chi connectivity index (χ3v) is 3.20. The molecular formula is C10H11FN4S. The molecule has 0 bridgehead atoms. The van der Waals surface area contributed by atoms with Crippen LogP contribution in [0.25, 0.3) is 0 Å². The smallest absolute Gasteiger partial charge is 0.142 e. The fourth-order valence-electron chi connectivity index (χ4n) is 1.21. The van der Waals surface area contributed by atoms with Crippen molar-refractivity contribution in [3.05, 3.63) is 36.2 Å². The van der Waals surface area contributed by atoms with Gasteiger partial charge in [-0.1, -0.05) is 0 Å². The number of aryl methyl sites for hydroxylation is 1. The average Bonchev–Trinajstić information content (AvgIpc) is 2.66. The summed E-state index contributed by atoms with van der Waals surface area (Å²) in [6, 6.07) is 4.34. The molecule has 2 rings (SSSR count). The van der Waals surface area contributed by atoms with Crippen LogP contribution in [0, 0.1) is 5.82 Å². The van der Waals surface area contributed by atoms with Gasteiger partial charge in [0.2, 0.25) is 0 Å². The Bertz CT molecular complexity index is 497. The fraction of sp³-hybridized carbons (Fsp3) is 0.200. The van der Waals surface area contributed by atoms with Crippen LogP contribution in [0.1, 0.15) is 5.82 Å². The molecule has 4 nitrogen and oxygen atoms in total. The highest BCUT2D eigenvalue weighted by Crippen LogP contribution is 2.27. The molecule has 1 aromatic carbocycles.